The van der Waals surface area contributed by atoms with Gasteiger partial charge >= 0.3 is 0 Å². The third-order valence-electron chi connectivity index (χ3n) is 3.15. The Morgan fingerprint density at radius 1 is 1.32 bits per heavy atom. The summed E-state index contributed by atoms with van der Waals surface area (Å²) in [6.07, 6.45) is 2.67. The second kappa shape index (κ2) is 8.52. The van der Waals surface area contributed by atoms with Gasteiger partial charge in [0.1, 0.15) is 0 Å². The van der Waals surface area contributed by atoms with E-state index in [0.717, 1.165) is 38.3 Å². The highest BCUT2D eigenvalue weighted by Crippen LogP contribution is 2.07. The topological polar surface area (TPSA) is 66.2 Å². The quantitative estimate of drug-likeness (QED) is 0.645. The first-order chi connectivity index (χ1) is 9.38. The van der Waals surface area contributed by atoms with E-state index in [4.69, 9.17) is 5.11 Å². The molecule has 0 radical (unpaired) electrons. The Morgan fingerprint density at radius 3 is 2.95 bits per heavy atom. The van der Waals surface area contributed by atoms with Crippen LogP contribution >= 0.6 is 11.8 Å². The van der Waals surface area contributed by atoms with Gasteiger partial charge in [-0.2, -0.15) is 11.8 Å². The molecule has 0 saturated carbocycles. The van der Waals surface area contributed by atoms with Gasteiger partial charge in [0.15, 0.2) is 0 Å². The van der Waals surface area contributed by atoms with E-state index in [9.17, 15) is 0 Å². The lowest BCUT2D eigenvalue weighted by Crippen LogP contribution is -2.37. The van der Waals surface area contributed by atoms with E-state index in [0.29, 0.717) is 0 Å². The smallest absolute Gasteiger partial charge is 0.0964 e. The van der Waals surface area contributed by atoms with Crippen molar-refractivity contribution in [3.63, 3.8) is 0 Å². The van der Waals surface area contributed by atoms with Crippen LogP contribution in [0.15, 0.2) is 6.20 Å². The van der Waals surface area contributed by atoms with Crippen LogP contribution in [0.5, 0.6) is 0 Å². The average Bonchev–Trinajstić information content (AvgIpc) is 2.90. The molecule has 1 fully saturated rings. The van der Waals surface area contributed by atoms with Crippen molar-refractivity contribution in [3.8, 4) is 0 Å². The average molecular weight is 285 g/mol. The first-order valence-electron chi connectivity index (χ1n) is 6.89. The van der Waals surface area contributed by atoms with Gasteiger partial charge in [0, 0.05) is 63.6 Å². The van der Waals surface area contributed by atoms with Gasteiger partial charge in [-0.05, 0) is 6.42 Å². The largest absolute Gasteiger partial charge is 0.396 e. The van der Waals surface area contributed by atoms with Gasteiger partial charge in [-0.25, -0.2) is 0 Å². The number of thioether (sulfide) groups is 1. The van der Waals surface area contributed by atoms with Gasteiger partial charge in [-0.3, -0.25) is 4.68 Å². The van der Waals surface area contributed by atoms with E-state index >= 15 is 0 Å². The second-order valence-electron chi connectivity index (χ2n) is 4.68. The van der Waals surface area contributed by atoms with Crippen molar-refractivity contribution in [1.29, 1.82) is 0 Å². The molecule has 1 saturated heterocycles. The van der Waals surface area contributed by atoms with Crippen molar-refractivity contribution in [1.82, 2.24) is 25.2 Å². The number of nitrogens with one attached hydrogen (secondary N) is 1. The molecule has 0 aromatic carbocycles. The van der Waals surface area contributed by atoms with Crippen LogP contribution in [0.2, 0.25) is 0 Å². The van der Waals surface area contributed by atoms with Gasteiger partial charge in [-0.1, -0.05) is 5.21 Å². The van der Waals surface area contributed by atoms with Crippen LogP contribution in [-0.2, 0) is 13.1 Å². The third-order valence-corrected chi connectivity index (χ3v) is 4.09. The lowest BCUT2D eigenvalue weighted by atomic mass is 10.4. The molecule has 0 aliphatic carbocycles. The molecule has 2 heterocycles. The SMILES string of the molecule is OCCCn1cc(CNCCN2CCSCC2)nn1. The summed E-state index contributed by atoms with van der Waals surface area (Å²) in [4.78, 5) is 2.50. The highest BCUT2D eigenvalue weighted by atomic mass is 32.2. The standard InChI is InChI=1S/C12H23N5OS/c18-7-1-3-17-11-12(14-15-17)10-13-2-4-16-5-8-19-9-6-16/h11,13,18H,1-10H2. The van der Waals surface area contributed by atoms with Crippen LogP contribution in [0.4, 0.5) is 0 Å². The predicted molar refractivity (Wildman–Crippen MR) is 77.2 cm³/mol. The molecule has 6 nitrogen and oxygen atoms in total. The van der Waals surface area contributed by atoms with Gasteiger partial charge in [0.05, 0.1) is 5.69 Å². The van der Waals surface area contributed by atoms with Crippen LogP contribution in [0.3, 0.4) is 0 Å². The number of aliphatic hydroxyl groups is 1. The molecule has 1 aliphatic rings. The van der Waals surface area contributed by atoms with Crippen molar-refractivity contribution < 1.29 is 5.11 Å². The fourth-order valence-corrected chi connectivity index (χ4v) is 3.02. The van der Waals surface area contributed by atoms with E-state index in [1.54, 1.807) is 4.68 Å². The summed E-state index contributed by atoms with van der Waals surface area (Å²) in [5.41, 5.74) is 0.965. The third kappa shape index (κ3) is 5.48. The summed E-state index contributed by atoms with van der Waals surface area (Å²) in [5.74, 6) is 2.53. The molecule has 0 unspecified atom stereocenters. The Bertz CT molecular complexity index is 354. The molecule has 108 valence electrons. The maximum Gasteiger partial charge on any atom is 0.0964 e. The Hall–Kier alpha value is -0.630. The number of rotatable bonds is 8. The van der Waals surface area contributed by atoms with E-state index in [2.05, 4.69) is 20.5 Å². The lowest BCUT2D eigenvalue weighted by Gasteiger charge is -2.25. The minimum absolute atomic E-state index is 0.196. The first kappa shape index (κ1) is 14.8. The number of aliphatic hydroxyl groups excluding tert-OH is 1. The molecular weight excluding hydrogens is 262 g/mol. The first-order valence-corrected chi connectivity index (χ1v) is 8.04. The number of hydrogen-bond acceptors (Lipinski definition) is 6. The van der Waals surface area contributed by atoms with Crippen molar-refractivity contribution in [2.24, 2.45) is 0 Å². The molecule has 1 aliphatic heterocycles. The summed E-state index contributed by atoms with van der Waals surface area (Å²) < 4.78 is 1.79. The highest BCUT2D eigenvalue weighted by molar-refractivity contribution is 7.99. The summed E-state index contributed by atoms with van der Waals surface area (Å²) in [7, 11) is 0. The molecule has 0 bridgehead atoms. The zero-order valence-corrected chi connectivity index (χ0v) is 12.1. The van der Waals surface area contributed by atoms with Crippen molar-refractivity contribution in [2.45, 2.75) is 19.5 Å². The van der Waals surface area contributed by atoms with Crippen molar-refractivity contribution >= 4 is 11.8 Å². The Balaban J connectivity index is 1.58. The normalized spacial score (nSPS) is 16.9. The second-order valence-corrected chi connectivity index (χ2v) is 5.91. The molecule has 1 aromatic heterocycles. The predicted octanol–water partition coefficient (Wildman–Crippen LogP) is -0.201. The number of hydrogen-bond donors (Lipinski definition) is 2. The van der Waals surface area contributed by atoms with E-state index in [1.807, 2.05) is 18.0 Å². The van der Waals surface area contributed by atoms with Crippen molar-refractivity contribution in [3.05, 3.63) is 11.9 Å². The Kier molecular flexibility index (Phi) is 6.63. The van der Waals surface area contributed by atoms with Crippen LogP contribution in [-0.4, -0.2) is 69.3 Å². The summed E-state index contributed by atoms with van der Waals surface area (Å²) in [6, 6.07) is 0. The van der Waals surface area contributed by atoms with Crippen LogP contribution in [0.25, 0.3) is 0 Å². The zero-order valence-electron chi connectivity index (χ0n) is 11.3. The molecule has 0 spiro atoms. The summed E-state index contributed by atoms with van der Waals surface area (Å²) in [5, 5.41) is 20.3. The van der Waals surface area contributed by atoms with E-state index in [-0.39, 0.29) is 6.61 Å². The van der Waals surface area contributed by atoms with Crippen molar-refractivity contribution in [2.75, 3.05) is 44.3 Å². The number of aromatic nitrogens is 3. The van der Waals surface area contributed by atoms with Crippen LogP contribution < -0.4 is 5.32 Å². The molecule has 7 heteroatoms. The van der Waals surface area contributed by atoms with Gasteiger partial charge in [0.2, 0.25) is 0 Å². The van der Waals surface area contributed by atoms with E-state index in [1.165, 1.54) is 24.6 Å². The number of aryl methyl sites for hydroxylation is 1. The molecule has 2 rings (SSSR count). The fraction of sp³-hybridized carbons (Fsp3) is 0.833. The Labute approximate surface area is 118 Å². The monoisotopic (exact) mass is 285 g/mol. The molecule has 0 amide bonds. The molecule has 0 atom stereocenters. The summed E-state index contributed by atoms with van der Waals surface area (Å²) >= 11 is 2.04. The maximum atomic E-state index is 8.75. The maximum absolute atomic E-state index is 8.75. The fourth-order valence-electron chi connectivity index (χ4n) is 2.04. The molecule has 1 aromatic rings. The molecule has 2 N–H and O–H groups in total. The zero-order chi connectivity index (χ0) is 13.3. The highest BCUT2D eigenvalue weighted by Gasteiger charge is 2.09. The minimum atomic E-state index is 0.196. The van der Waals surface area contributed by atoms with Gasteiger partial charge in [0.25, 0.3) is 0 Å². The Morgan fingerprint density at radius 2 is 2.16 bits per heavy atom. The van der Waals surface area contributed by atoms with E-state index < -0.39 is 0 Å². The van der Waals surface area contributed by atoms with Gasteiger partial charge in [-0.15, -0.1) is 5.10 Å². The van der Waals surface area contributed by atoms with Crippen LogP contribution in [0.1, 0.15) is 12.1 Å². The minimum Gasteiger partial charge on any atom is -0.396 e. The van der Waals surface area contributed by atoms with Crippen LogP contribution in [0, 0.1) is 0 Å². The molecular formula is C12H23N5OS. The summed E-state index contributed by atoms with van der Waals surface area (Å²) in [6.45, 7) is 6.22. The number of nitrogens with zero attached hydrogens (tertiary/aromatic N) is 4. The molecule has 19 heavy (non-hydrogen) atoms. The van der Waals surface area contributed by atoms with Gasteiger partial charge < -0.3 is 15.3 Å². The lowest BCUT2D eigenvalue weighted by molar-refractivity contribution is 0.276.